The van der Waals surface area contributed by atoms with Crippen LogP contribution in [0.5, 0.6) is 5.75 Å². The average Bonchev–Trinajstić information content (AvgIpc) is 2.68. The predicted molar refractivity (Wildman–Crippen MR) is 114 cm³/mol. The van der Waals surface area contributed by atoms with Gasteiger partial charge in [0.15, 0.2) is 0 Å². The highest BCUT2D eigenvalue weighted by Gasteiger charge is 2.30. The lowest BCUT2D eigenvalue weighted by atomic mass is 10.2. The Morgan fingerprint density at radius 3 is 2.48 bits per heavy atom. The van der Waals surface area contributed by atoms with Crippen LogP contribution in [0, 0.1) is 6.92 Å². The Morgan fingerprint density at radius 1 is 1.17 bits per heavy atom. The molecule has 2 aromatic rings. The summed E-state index contributed by atoms with van der Waals surface area (Å²) >= 11 is 0. The maximum absolute atomic E-state index is 13.5. The smallest absolute Gasteiger partial charge is 0.247 e. The van der Waals surface area contributed by atoms with Crippen molar-refractivity contribution in [3.05, 3.63) is 59.7 Å². The van der Waals surface area contributed by atoms with Gasteiger partial charge < -0.3 is 10.1 Å². The molecule has 0 heterocycles. The van der Waals surface area contributed by atoms with Crippen LogP contribution in [-0.2, 0) is 21.4 Å². The van der Waals surface area contributed by atoms with Crippen molar-refractivity contribution in [3.8, 4) is 5.75 Å². The number of nitrogens with one attached hydrogen (secondary N) is 1. The molecule has 0 bridgehead atoms. The zero-order chi connectivity index (χ0) is 21.4. The van der Waals surface area contributed by atoms with E-state index < -0.39 is 10.0 Å². The molecule has 7 heteroatoms. The third-order valence-electron chi connectivity index (χ3n) is 4.59. The molecule has 0 aliphatic rings. The van der Waals surface area contributed by atoms with Crippen molar-refractivity contribution in [3.63, 3.8) is 0 Å². The van der Waals surface area contributed by atoms with Gasteiger partial charge in [0.1, 0.15) is 10.6 Å². The Morgan fingerprint density at radius 2 is 1.86 bits per heavy atom. The van der Waals surface area contributed by atoms with E-state index in [0.717, 1.165) is 24.0 Å². The number of nitrogens with zero attached hydrogens (tertiary/aromatic N) is 1. The van der Waals surface area contributed by atoms with Gasteiger partial charge >= 0.3 is 0 Å². The van der Waals surface area contributed by atoms with Gasteiger partial charge in [0.25, 0.3) is 0 Å². The van der Waals surface area contributed by atoms with Gasteiger partial charge in [-0.05, 0) is 43.5 Å². The fourth-order valence-electron chi connectivity index (χ4n) is 3.12. The zero-order valence-corrected chi connectivity index (χ0v) is 18.3. The summed E-state index contributed by atoms with van der Waals surface area (Å²) in [6, 6.07) is 14.2. The lowest BCUT2D eigenvalue weighted by Crippen LogP contribution is -2.43. The summed E-state index contributed by atoms with van der Waals surface area (Å²) < 4.78 is 33.4. The normalized spacial score (nSPS) is 12.6. The van der Waals surface area contributed by atoms with Gasteiger partial charge in [0, 0.05) is 12.6 Å². The van der Waals surface area contributed by atoms with Crippen LogP contribution in [0.1, 0.15) is 37.8 Å². The topological polar surface area (TPSA) is 75.7 Å². The van der Waals surface area contributed by atoms with Crippen molar-refractivity contribution in [2.24, 2.45) is 0 Å². The van der Waals surface area contributed by atoms with E-state index in [0.29, 0.717) is 0 Å². The number of benzene rings is 2. The SMILES string of the molecule is CCCC(C)NC(=O)CN(Cc1ccccc1)S(=O)(=O)c1cc(C)ccc1OC. The Balaban J connectivity index is 2.38. The summed E-state index contributed by atoms with van der Waals surface area (Å²) in [5.74, 6) is -0.0644. The van der Waals surface area contributed by atoms with Crippen molar-refractivity contribution in [2.75, 3.05) is 13.7 Å². The number of amides is 1. The van der Waals surface area contributed by atoms with E-state index in [4.69, 9.17) is 4.74 Å². The largest absolute Gasteiger partial charge is 0.495 e. The van der Waals surface area contributed by atoms with Crippen LogP contribution in [-0.4, -0.2) is 38.3 Å². The van der Waals surface area contributed by atoms with Crippen molar-refractivity contribution < 1.29 is 17.9 Å². The fraction of sp³-hybridized carbons (Fsp3) is 0.409. The summed E-state index contributed by atoms with van der Waals surface area (Å²) in [5.41, 5.74) is 1.60. The molecule has 1 amide bonds. The maximum atomic E-state index is 13.5. The minimum absolute atomic E-state index is 0.0118. The highest BCUT2D eigenvalue weighted by atomic mass is 32.2. The average molecular weight is 419 g/mol. The summed E-state index contributed by atoms with van der Waals surface area (Å²) in [4.78, 5) is 12.6. The quantitative estimate of drug-likeness (QED) is 0.641. The summed E-state index contributed by atoms with van der Waals surface area (Å²) in [6.45, 7) is 5.61. The first kappa shape index (κ1) is 22.9. The first-order valence-electron chi connectivity index (χ1n) is 9.76. The molecular formula is C22H30N2O4S. The zero-order valence-electron chi connectivity index (χ0n) is 17.5. The van der Waals surface area contributed by atoms with Crippen LogP contribution in [0.25, 0.3) is 0 Å². The molecule has 29 heavy (non-hydrogen) atoms. The molecule has 0 spiro atoms. The second kappa shape index (κ2) is 10.4. The third kappa shape index (κ3) is 6.30. The molecule has 0 aliphatic heterocycles. The van der Waals surface area contributed by atoms with Crippen LogP contribution in [0.15, 0.2) is 53.4 Å². The monoisotopic (exact) mass is 418 g/mol. The van der Waals surface area contributed by atoms with E-state index in [-0.39, 0.29) is 35.7 Å². The van der Waals surface area contributed by atoms with Gasteiger partial charge in [-0.2, -0.15) is 4.31 Å². The van der Waals surface area contributed by atoms with Crippen LogP contribution in [0.3, 0.4) is 0 Å². The van der Waals surface area contributed by atoms with E-state index in [9.17, 15) is 13.2 Å². The molecule has 0 aliphatic carbocycles. The molecule has 2 aromatic carbocycles. The maximum Gasteiger partial charge on any atom is 0.247 e. The predicted octanol–water partition coefficient (Wildman–Crippen LogP) is 3.50. The minimum Gasteiger partial charge on any atom is -0.495 e. The van der Waals surface area contributed by atoms with Gasteiger partial charge in [-0.25, -0.2) is 8.42 Å². The second-order valence-electron chi connectivity index (χ2n) is 7.17. The molecule has 0 fully saturated rings. The number of ether oxygens (including phenoxy) is 1. The molecule has 1 unspecified atom stereocenters. The van der Waals surface area contributed by atoms with Crippen molar-refractivity contribution >= 4 is 15.9 Å². The van der Waals surface area contributed by atoms with E-state index in [1.54, 1.807) is 18.2 Å². The molecule has 0 radical (unpaired) electrons. The molecule has 158 valence electrons. The molecule has 2 rings (SSSR count). The number of carbonyl (C=O) groups excluding carboxylic acids is 1. The standard InChI is InChI=1S/C22H30N2O4S/c1-5-9-18(3)23-22(25)16-24(15-19-10-7-6-8-11-19)29(26,27)21-14-17(2)12-13-20(21)28-4/h6-8,10-14,18H,5,9,15-16H2,1-4H3,(H,23,25). The first-order valence-corrected chi connectivity index (χ1v) is 11.2. The van der Waals surface area contributed by atoms with E-state index in [2.05, 4.69) is 5.32 Å². The van der Waals surface area contributed by atoms with Gasteiger partial charge in [-0.1, -0.05) is 49.7 Å². The summed E-state index contributed by atoms with van der Waals surface area (Å²) in [7, 11) is -2.53. The van der Waals surface area contributed by atoms with E-state index in [1.165, 1.54) is 11.4 Å². The molecule has 1 atom stereocenters. The summed E-state index contributed by atoms with van der Waals surface area (Å²) in [5, 5.41) is 2.88. The molecular weight excluding hydrogens is 388 g/mol. The van der Waals surface area contributed by atoms with Gasteiger partial charge in [-0.15, -0.1) is 0 Å². The molecule has 0 aromatic heterocycles. The van der Waals surface area contributed by atoms with Crippen LogP contribution < -0.4 is 10.1 Å². The fourth-order valence-corrected chi connectivity index (χ4v) is 4.75. The van der Waals surface area contributed by atoms with Crippen molar-refractivity contribution in [1.29, 1.82) is 0 Å². The molecule has 1 N–H and O–H groups in total. The van der Waals surface area contributed by atoms with Crippen LogP contribution in [0.4, 0.5) is 0 Å². The Labute approximate surface area is 173 Å². The number of hydrogen-bond donors (Lipinski definition) is 1. The van der Waals surface area contributed by atoms with Gasteiger partial charge in [0.2, 0.25) is 15.9 Å². The van der Waals surface area contributed by atoms with Crippen molar-refractivity contribution in [1.82, 2.24) is 9.62 Å². The van der Waals surface area contributed by atoms with Gasteiger partial charge in [-0.3, -0.25) is 4.79 Å². The molecule has 6 nitrogen and oxygen atoms in total. The Hall–Kier alpha value is -2.38. The van der Waals surface area contributed by atoms with E-state index >= 15 is 0 Å². The van der Waals surface area contributed by atoms with Gasteiger partial charge in [0.05, 0.1) is 13.7 Å². The lowest BCUT2D eigenvalue weighted by Gasteiger charge is -2.24. The third-order valence-corrected chi connectivity index (χ3v) is 6.40. The number of sulfonamides is 1. The Bertz CT molecular complexity index is 914. The van der Waals surface area contributed by atoms with Crippen LogP contribution in [0.2, 0.25) is 0 Å². The number of rotatable bonds is 10. The number of carbonyl (C=O) groups is 1. The molecule has 0 saturated carbocycles. The number of methoxy groups -OCH3 is 1. The first-order chi connectivity index (χ1) is 13.8. The van der Waals surface area contributed by atoms with E-state index in [1.807, 2.05) is 51.1 Å². The second-order valence-corrected chi connectivity index (χ2v) is 9.08. The summed E-state index contributed by atoms with van der Waals surface area (Å²) in [6.07, 6.45) is 1.77. The minimum atomic E-state index is -3.96. The molecule has 0 saturated heterocycles. The van der Waals surface area contributed by atoms with Crippen molar-refractivity contribution in [2.45, 2.75) is 51.1 Å². The highest BCUT2D eigenvalue weighted by Crippen LogP contribution is 2.28. The lowest BCUT2D eigenvalue weighted by molar-refractivity contribution is -0.122. The van der Waals surface area contributed by atoms with Crippen LogP contribution >= 0.6 is 0 Å². The number of hydrogen-bond acceptors (Lipinski definition) is 4. The Kier molecular flexibility index (Phi) is 8.22. The number of aryl methyl sites for hydroxylation is 1. The highest BCUT2D eigenvalue weighted by molar-refractivity contribution is 7.89.